The molecule has 0 amide bonds. The fourth-order valence-corrected chi connectivity index (χ4v) is 4.15. The summed E-state index contributed by atoms with van der Waals surface area (Å²) in [4.78, 5) is 22.3. The van der Waals surface area contributed by atoms with E-state index < -0.39 is 0 Å². The molecule has 5 heterocycles. The summed E-state index contributed by atoms with van der Waals surface area (Å²) >= 11 is 0. The number of hydrogen-bond acceptors (Lipinski definition) is 4. The van der Waals surface area contributed by atoms with Gasteiger partial charge in [-0.15, -0.1) is 0 Å². The van der Waals surface area contributed by atoms with E-state index in [4.69, 9.17) is 0 Å². The van der Waals surface area contributed by atoms with Crippen molar-refractivity contribution >= 4 is 27.3 Å². The van der Waals surface area contributed by atoms with Crippen molar-refractivity contribution in [1.29, 1.82) is 0 Å². The van der Waals surface area contributed by atoms with Crippen LogP contribution in [0.4, 0.5) is 0 Å². The van der Waals surface area contributed by atoms with E-state index in [2.05, 4.69) is 20.2 Å². The maximum Gasteiger partial charge on any atom is 0.260 e. The van der Waals surface area contributed by atoms with Gasteiger partial charge in [-0.1, -0.05) is 24.3 Å². The quantitative estimate of drug-likeness (QED) is 0.483. The number of imidazole rings is 1. The molecule has 5 aromatic heterocycles. The Labute approximate surface area is 176 Å². The molecule has 0 spiro atoms. The van der Waals surface area contributed by atoms with Crippen LogP contribution in [-0.2, 0) is 6.54 Å². The molecule has 0 unspecified atom stereocenters. The zero-order valence-electron chi connectivity index (χ0n) is 16.8. The summed E-state index contributed by atoms with van der Waals surface area (Å²) in [5.74, 6) is 0. The number of pyridine rings is 3. The van der Waals surface area contributed by atoms with Crippen LogP contribution in [0.25, 0.3) is 38.4 Å². The average Bonchev–Trinajstić information content (AvgIpc) is 3.41. The molecule has 0 aliphatic rings. The zero-order valence-corrected chi connectivity index (χ0v) is 16.8. The van der Waals surface area contributed by atoms with Crippen LogP contribution >= 0.6 is 0 Å². The Kier molecular flexibility index (Phi) is 3.76. The molecule has 0 aliphatic heterocycles. The zero-order chi connectivity index (χ0) is 20.9. The second-order valence-electron chi connectivity index (χ2n) is 7.74. The van der Waals surface area contributed by atoms with Crippen LogP contribution in [0.2, 0.25) is 0 Å². The number of aryl methyl sites for hydroxylation is 1. The molecule has 0 saturated heterocycles. The molecule has 7 heteroatoms. The number of H-pyrrole nitrogens is 1. The van der Waals surface area contributed by atoms with E-state index in [0.717, 1.165) is 44.3 Å². The Balaban J connectivity index is 1.47. The molecule has 0 radical (unpaired) electrons. The number of aromatic nitrogens is 6. The monoisotopic (exact) mass is 406 g/mol. The lowest BCUT2D eigenvalue weighted by Gasteiger charge is -2.10. The lowest BCUT2D eigenvalue weighted by Crippen LogP contribution is -2.20. The van der Waals surface area contributed by atoms with Crippen LogP contribution in [0.5, 0.6) is 0 Å². The smallest absolute Gasteiger partial charge is 0.260 e. The maximum absolute atomic E-state index is 13.3. The molecule has 0 bridgehead atoms. The largest absolute Gasteiger partial charge is 0.309 e. The third kappa shape index (κ3) is 2.82. The van der Waals surface area contributed by atoms with Gasteiger partial charge in [0.25, 0.3) is 5.56 Å². The highest BCUT2D eigenvalue weighted by atomic mass is 16.1. The van der Waals surface area contributed by atoms with Crippen molar-refractivity contribution in [2.45, 2.75) is 13.5 Å². The molecule has 7 nitrogen and oxygen atoms in total. The van der Waals surface area contributed by atoms with Gasteiger partial charge < -0.3 is 8.97 Å². The first-order valence-electron chi connectivity index (χ1n) is 10.0. The number of fused-ring (bicyclic) bond motifs is 3. The molecular weight excluding hydrogens is 388 g/mol. The van der Waals surface area contributed by atoms with Gasteiger partial charge in [0.1, 0.15) is 5.65 Å². The third-order valence-corrected chi connectivity index (χ3v) is 5.65. The fraction of sp³-hybridized carbons (Fsp3) is 0.0833. The van der Waals surface area contributed by atoms with E-state index in [1.54, 1.807) is 23.2 Å². The Morgan fingerprint density at radius 3 is 2.84 bits per heavy atom. The molecule has 6 rings (SSSR count). The number of aromatic amines is 1. The van der Waals surface area contributed by atoms with Crippen molar-refractivity contribution < 1.29 is 0 Å². The van der Waals surface area contributed by atoms with Gasteiger partial charge in [-0.3, -0.25) is 14.9 Å². The first kappa shape index (κ1) is 17.6. The molecule has 0 atom stereocenters. The minimum absolute atomic E-state index is 0.0862. The van der Waals surface area contributed by atoms with Crippen LogP contribution in [0.3, 0.4) is 0 Å². The van der Waals surface area contributed by atoms with Crippen LogP contribution in [0.1, 0.15) is 11.3 Å². The van der Waals surface area contributed by atoms with Gasteiger partial charge in [-0.2, -0.15) is 5.10 Å². The number of benzene rings is 1. The Bertz CT molecular complexity index is 1660. The summed E-state index contributed by atoms with van der Waals surface area (Å²) in [6.07, 6.45) is 11.1. The van der Waals surface area contributed by atoms with Crippen molar-refractivity contribution in [2.24, 2.45) is 0 Å². The first-order chi connectivity index (χ1) is 15.2. The highest BCUT2D eigenvalue weighted by molar-refractivity contribution is 6.03. The molecule has 1 N–H and O–H groups in total. The Hall–Kier alpha value is -4.26. The van der Waals surface area contributed by atoms with Crippen LogP contribution < -0.4 is 5.56 Å². The van der Waals surface area contributed by atoms with Crippen molar-refractivity contribution in [2.75, 3.05) is 0 Å². The lowest BCUT2D eigenvalue weighted by atomic mass is 10.00. The molecular formula is C24H18N6O. The van der Waals surface area contributed by atoms with E-state index in [1.807, 2.05) is 66.3 Å². The maximum atomic E-state index is 13.3. The molecule has 150 valence electrons. The second kappa shape index (κ2) is 6.63. The minimum atomic E-state index is -0.0862. The summed E-state index contributed by atoms with van der Waals surface area (Å²) < 4.78 is 3.67. The second-order valence-corrected chi connectivity index (χ2v) is 7.74. The predicted octanol–water partition coefficient (Wildman–Crippen LogP) is 3.94. The standard InChI is InChI=1S/C24H18N6O/c1-15-5-6-22-27-17(14-30(22)12-15)13-29-8-7-18-20(10-25-11-21(18)24(29)31)19-4-2-3-16-9-26-28-23(16)19/h2-12,14H,13H2,1H3,(H,26,28). The number of nitrogens with zero attached hydrogens (tertiary/aromatic N) is 5. The lowest BCUT2D eigenvalue weighted by molar-refractivity contribution is 0.752. The van der Waals surface area contributed by atoms with Gasteiger partial charge in [-0.05, 0) is 30.0 Å². The van der Waals surface area contributed by atoms with Gasteiger partial charge in [0.05, 0.1) is 29.3 Å². The molecule has 6 aromatic rings. The molecule has 0 fully saturated rings. The number of nitrogens with one attached hydrogen (secondary N) is 1. The van der Waals surface area contributed by atoms with Crippen LogP contribution in [0.15, 0.2) is 78.4 Å². The van der Waals surface area contributed by atoms with Gasteiger partial charge in [0, 0.05) is 47.5 Å². The van der Waals surface area contributed by atoms with E-state index in [9.17, 15) is 4.79 Å². The minimum Gasteiger partial charge on any atom is -0.309 e. The molecule has 0 aliphatic carbocycles. The fourth-order valence-electron chi connectivity index (χ4n) is 4.15. The molecule has 0 saturated carbocycles. The average molecular weight is 406 g/mol. The highest BCUT2D eigenvalue weighted by Gasteiger charge is 2.13. The topological polar surface area (TPSA) is 80.9 Å². The van der Waals surface area contributed by atoms with Crippen molar-refractivity contribution in [3.05, 3.63) is 95.2 Å². The van der Waals surface area contributed by atoms with Crippen molar-refractivity contribution in [3.8, 4) is 11.1 Å². The highest BCUT2D eigenvalue weighted by Crippen LogP contribution is 2.31. The molecule has 1 aromatic carbocycles. The summed E-state index contributed by atoms with van der Waals surface area (Å²) in [5.41, 5.74) is 5.58. The van der Waals surface area contributed by atoms with Gasteiger partial charge in [0.2, 0.25) is 0 Å². The number of para-hydroxylation sites is 1. The summed E-state index contributed by atoms with van der Waals surface area (Å²) in [6.45, 7) is 2.44. The van der Waals surface area contributed by atoms with E-state index in [0.29, 0.717) is 11.9 Å². The molecule has 31 heavy (non-hydrogen) atoms. The van der Waals surface area contributed by atoms with E-state index >= 15 is 0 Å². The van der Waals surface area contributed by atoms with Crippen molar-refractivity contribution in [3.63, 3.8) is 0 Å². The summed E-state index contributed by atoms with van der Waals surface area (Å²) in [5, 5.41) is 9.67. The number of hydrogen-bond donors (Lipinski definition) is 1. The van der Waals surface area contributed by atoms with Gasteiger partial charge in [-0.25, -0.2) is 4.98 Å². The van der Waals surface area contributed by atoms with E-state index in [1.165, 1.54) is 0 Å². The van der Waals surface area contributed by atoms with Crippen LogP contribution in [-0.4, -0.2) is 29.1 Å². The predicted molar refractivity (Wildman–Crippen MR) is 120 cm³/mol. The van der Waals surface area contributed by atoms with Crippen molar-refractivity contribution in [1.82, 2.24) is 29.1 Å². The normalized spacial score (nSPS) is 11.6. The van der Waals surface area contributed by atoms with Gasteiger partial charge >= 0.3 is 0 Å². The Morgan fingerprint density at radius 2 is 1.90 bits per heavy atom. The summed E-state index contributed by atoms with van der Waals surface area (Å²) in [7, 11) is 0. The SMILES string of the molecule is Cc1ccc2nc(Cn3ccc4c(-c5cccc6cn[nH]c56)cncc4c3=O)cn2c1. The van der Waals surface area contributed by atoms with Crippen LogP contribution in [0, 0.1) is 6.92 Å². The third-order valence-electron chi connectivity index (χ3n) is 5.65. The number of rotatable bonds is 3. The van der Waals surface area contributed by atoms with E-state index in [-0.39, 0.29) is 5.56 Å². The van der Waals surface area contributed by atoms with Gasteiger partial charge in [0.15, 0.2) is 0 Å². The Morgan fingerprint density at radius 1 is 0.968 bits per heavy atom. The summed E-state index contributed by atoms with van der Waals surface area (Å²) in [6, 6.07) is 12.0. The first-order valence-corrected chi connectivity index (χ1v) is 10.0.